The molecule has 2 rings (SSSR count). The number of benzene rings is 1. The van der Waals surface area contributed by atoms with Crippen molar-refractivity contribution in [1.82, 2.24) is 9.78 Å². The predicted molar refractivity (Wildman–Crippen MR) is 90.3 cm³/mol. The molecule has 1 N–H and O–H groups in total. The Kier molecular flexibility index (Phi) is 6.36. The number of rotatable bonds is 7. The highest BCUT2D eigenvalue weighted by Gasteiger charge is 2.29. The van der Waals surface area contributed by atoms with Crippen LogP contribution in [0.4, 0.5) is 34.6 Å². The summed E-state index contributed by atoms with van der Waals surface area (Å²) in [7, 11) is 0. The first kappa shape index (κ1) is 22.0. The summed E-state index contributed by atoms with van der Waals surface area (Å²) in [6.45, 7) is 0.135. The monoisotopic (exact) mass is 439 g/mol. The molecule has 0 saturated carbocycles. The van der Waals surface area contributed by atoms with Crippen LogP contribution in [0.1, 0.15) is 29.8 Å². The molecule has 29 heavy (non-hydrogen) atoms. The molecule has 1 aromatic carbocycles. The van der Waals surface area contributed by atoms with Gasteiger partial charge in [0.05, 0.1) is 20.6 Å². The lowest BCUT2D eigenvalue weighted by molar-refractivity contribution is -0.395. The summed E-state index contributed by atoms with van der Waals surface area (Å²) in [6.07, 6.45) is -6.59. The van der Waals surface area contributed by atoms with Crippen molar-refractivity contribution >= 4 is 34.6 Å². The third-order valence-electron chi connectivity index (χ3n) is 3.69. The second kappa shape index (κ2) is 8.38. The molecule has 0 bridgehead atoms. The summed E-state index contributed by atoms with van der Waals surface area (Å²) in [5, 5.41) is 26.3. The van der Waals surface area contributed by atoms with E-state index < -0.39 is 62.9 Å². The maximum atomic E-state index is 13.1. The fraction of sp³-hybridized carbons (Fsp3) is 0.286. The van der Waals surface area contributed by atoms with Gasteiger partial charge in [-0.1, -0.05) is 11.6 Å². The average molecular weight is 440 g/mol. The van der Waals surface area contributed by atoms with Crippen molar-refractivity contribution in [2.45, 2.75) is 26.3 Å². The quantitative estimate of drug-likeness (QED) is 0.391. The Balaban J connectivity index is 2.36. The number of alkyl halides is 4. The van der Waals surface area contributed by atoms with Gasteiger partial charge in [0.2, 0.25) is 5.91 Å². The van der Waals surface area contributed by atoms with E-state index in [-0.39, 0.29) is 15.9 Å². The van der Waals surface area contributed by atoms with Crippen LogP contribution in [0, 0.1) is 27.2 Å². The zero-order chi connectivity index (χ0) is 22.0. The number of anilines is 1. The number of nitro benzene ring substituents is 2. The van der Waals surface area contributed by atoms with Crippen LogP contribution < -0.4 is 5.32 Å². The highest BCUT2D eigenvalue weighted by atomic mass is 35.5. The van der Waals surface area contributed by atoms with Gasteiger partial charge in [0, 0.05) is 12.1 Å². The minimum absolute atomic E-state index is 0.265. The van der Waals surface area contributed by atoms with Crippen LogP contribution in [0.25, 0.3) is 0 Å². The van der Waals surface area contributed by atoms with Gasteiger partial charge >= 0.3 is 0 Å². The van der Waals surface area contributed by atoms with Gasteiger partial charge in [-0.2, -0.15) is 5.10 Å². The van der Waals surface area contributed by atoms with Crippen LogP contribution >= 0.6 is 11.6 Å². The Morgan fingerprint density at radius 3 is 2.10 bits per heavy atom. The molecule has 1 amide bonds. The van der Waals surface area contributed by atoms with Crippen molar-refractivity contribution < 1.29 is 32.2 Å². The highest BCUT2D eigenvalue weighted by Crippen LogP contribution is 2.35. The fourth-order valence-corrected chi connectivity index (χ4v) is 2.71. The van der Waals surface area contributed by atoms with Crippen LogP contribution in [0.2, 0.25) is 5.02 Å². The number of carbonyl (C=O) groups is 1. The van der Waals surface area contributed by atoms with Gasteiger partial charge in [-0.05, 0) is 6.92 Å². The number of nitrogens with one attached hydrogen (secondary N) is 1. The lowest BCUT2D eigenvalue weighted by atomic mass is 10.1. The zero-order valence-electron chi connectivity index (χ0n) is 14.2. The molecule has 0 aliphatic carbocycles. The summed E-state index contributed by atoms with van der Waals surface area (Å²) in [5.74, 6) is -1.11. The molecule has 0 saturated heterocycles. The van der Waals surface area contributed by atoms with Gasteiger partial charge in [0.1, 0.15) is 23.5 Å². The number of aromatic nitrogens is 2. The van der Waals surface area contributed by atoms with Crippen molar-refractivity contribution in [2.75, 3.05) is 5.32 Å². The van der Waals surface area contributed by atoms with Gasteiger partial charge in [-0.3, -0.25) is 29.7 Å². The van der Waals surface area contributed by atoms with Crippen molar-refractivity contribution in [3.8, 4) is 0 Å². The van der Waals surface area contributed by atoms with E-state index in [2.05, 4.69) is 5.10 Å². The Morgan fingerprint density at radius 1 is 1.17 bits per heavy atom. The van der Waals surface area contributed by atoms with Crippen LogP contribution in [0.15, 0.2) is 12.1 Å². The number of nitrogens with zero attached hydrogens (tertiary/aromatic N) is 4. The van der Waals surface area contributed by atoms with Crippen LogP contribution in [0.3, 0.4) is 0 Å². The molecule has 0 spiro atoms. The summed E-state index contributed by atoms with van der Waals surface area (Å²) < 4.78 is 52.1. The lowest BCUT2D eigenvalue weighted by Gasteiger charge is -2.09. The van der Waals surface area contributed by atoms with Crippen LogP contribution in [0.5, 0.6) is 0 Å². The standard InChI is InChI=1S/C14H10ClF4N5O5/c1-5-7(23(26)27)2-6(3-8(5)24(28)29)20-9(25)4-22-12(14(18)19)10(15)11(21-22)13(16)17/h2-3,13-14H,4H2,1H3,(H,20,25). The zero-order valence-corrected chi connectivity index (χ0v) is 15.0. The van der Waals surface area contributed by atoms with Crippen molar-refractivity contribution in [1.29, 1.82) is 0 Å². The van der Waals surface area contributed by atoms with E-state index in [1.165, 1.54) is 0 Å². The molecule has 10 nitrogen and oxygen atoms in total. The maximum Gasteiger partial charge on any atom is 0.283 e. The first-order valence-corrected chi connectivity index (χ1v) is 7.87. The van der Waals surface area contributed by atoms with E-state index in [0.717, 1.165) is 19.1 Å². The minimum Gasteiger partial charge on any atom is -0.324 e. The summed E-state index contributed by atoms with van der Waals surface area (Å²) in [4.78, 5) is 32.4. The van der Waals surface area contributed by atoms with Gasteiger partial charge < -0.3 is 5.32 Å². The van der Waals surface area contributed by atoms with Gasteiger partial charge in [-0.25, -0.2) is 17.6 Å². The molecular weight excluding hydrogens is 430 g/mol. The molecule has 1 heterocycles. The van der Waals surface area contributed by atoms with Crippen LogP contribution in [-0.2, 0) is 11.3 Å². The number of hydrogen-bond donors (Lipinski definition) is 1. The molecule has 0 aliphatic heterocycles. The van der Waals surface area contributed by atoms with E-state index in [9.17, 15) is 42.6 Å². The Labute approximate surface area is 163 Å². The topological polar surface area (TPSA) is 133 Å². The second-order valence-electron chi connectivity index (χ2n) is 5.55. The summed E-state index contributed by atoms with van der Waals surface area (Å²) in [6, 6.07) is 1.66. The number of hydrogen-bond acceptors (Lipinski definition) is 6. The number of halogens is 5. The molecule has 0 aliphatic rings. The number of amides is 1. The second-order valence-corrected chi connectivity index (χ2v) is 5.92. The van der Waals surface area contributed by atoms with Gasteiger partial charge in [0.15, 0.2) is 0 Å². The van der Waals surface area contributed by atoms with E-state index >= 15 is 0 Å². The first-order chi connectivity index (χ1) is 13.4. The third kappa shape index (κ3) is 4.59. The van der Waals surface area contributed by atoms with E-state index in [0.29, 0.717) is 0 Å². The molecule has 1 aromatic heterocycles. The largest absolute Gasteiger partial charge is 0.324 e. The molecule has 0 atom stereocenters. The van der Waals surface area contributed by atoms with Crippen molar-refractivity contribution in [3.63, 3.8) is 0 Å². The molecule has 0 fully saturated rings. The van der Waals surface area contributed by atoms with Crippen molar-refractivity contribution in [2.24, 2.45) is 0 Å². The summed E-state index contributed by atoms with van der Waals surface area (Å²) in [5.41, 5.74) is -4.22. The van der Waals surface area contributed by atoms with Crippen molar-refractivity contribution in [3.05, 3.63) is 54.3 Å². The van der Waals surface area contributed by atoms with Gasteiger partial charge in [-0.15, -0.1) is 0 Å². The van der Waals surface area contributed by atoms with E-state index in [1.54, 1.807) is 0 Å². The molecule has 15 heteroatoms. The third-order valence-corrected chi connectivity index (χ3v) is 4.08. The number of carbonyl (C=O) groups excluding carboxylic acids is 1. The van der Waals surface area contributed by atoms with E-state index in [1.807, 2.05) is 5.32 Å². The highest BCUT2D eigenvalue weighted by molar-refractivity contribution is 6.32. The lowest BCUT2D eigenvalue weighted by Crippen LogP contribution is -2.21. The Morgan fingerprint density at radius 2 is 1.69 bits per heavy atom. The minimum atomic E-state index is -3.32. The predicted octanol–water partition coefficient (Wildman–Crippen LogP) is 4.18. The van der Waals surface area contributed by atoms with E-state index in [4.69, 9.17) is 11.6 Å². The first-order valence-electron chi connectivity index (χ1n) is 7.49. The molecule has 0 unspecified atom stereocenters. The summed E-state index contributed by atoms with van der Waals surface area (Å²) >= 11 is 5.47. The normalized spacial score (nSPS) is 11.2. The fourth-order valence-electron chi connectivity index (χ4n) is 2.41. The molecule has 0 radical (unpaired) electrons. The number of nitro groups is 2. The molecular formula is C14H10ClF4N5O5. The van der Waals surface area contributed by atoms with Gasteiger partial charge in [0.25, 0.3) is 24.2 Å². The van der Waals surface area contributed by atoms with Crippen LogP contribution in [-0.4, -0.2) is 25.5 Å². The smallest absolute Gasteiger partial charge is 0.283 e. The SMILES string of the molecule is Cc1c([N+](=O)[O-])cc(NC(=O)Cn2nc(C(F)F)c(Cl)c2C(F)F)cc1[N+](=O)[O-]. The Bertz CT molecular complexity index is 962. The molecule has 156 valence electrons. The average Bonchev–Trinajstić information content (AvgIpc) is 2.91. The maximum absolute atomic E-state index is 13.1. The molecule has 2 aromatic rings. The Hall–Kier alpha value is -3.29.